The predicted octanol–water partition coefficient (Wildman–Crippen LogP) is -0.625. The zero-order chi connectivity index (χ0) is 6.69. The number of rotatable bonds is 1. The third-order valence-electron chi connectivity index (χ3n) is 0.765. The first-order valence-electron chi connectivity index (χ1n) is 2.20. The summed E-state index contributed by atoms with van der Waals surface area (Å²) < 4.78 is 0. The number of nitrogens with two attached hydrogens (primary N) is 1. The van der Waals surface area contributed by atoms with E-state index in [2.05, 4.69) is 9.94 Å². The third kappa shape index (κ3) is 0.912. The highest BCUT2D eigenvalue weighted by molar-refractivity contribution is 5.24. The van der Waals surface area contributed by atoms with E-state index < -0.39 is 0 Å². The molecule has 0 saturated carbocycles. The summed E-state index contributed by atoms with van der Waals surface area (Å²) in [7, 11) is 0. The number of hydrogen-bond acceptors (Lipinski definition) is 4. The number of nitrogen functional groups attached to an aromatic ring is 1. The molecule has 5 nitrogen and oxygen atoms in total. The second-order valence-electron chi connectivity index (χ2n) is 1.31. The maximum absolute atomic E-state index is 7.97. The van der Waals surface area contributed by atoms with Crippen LogP contribution in [-0.4, -0.2) is 9.94 Å². The molecule has 0 radical (unpaired) electrons. The van der Waals surface area contributed by atoms with E-state index >= 15 is 0 Å². The van der Waals surface area contributed by atoms with Crippen LogP contribution in [0.1, 0.15) is 0 Å². The SMILES string of the molecule is N#COn1nccc1N. The molecule has 0 aliphatic rings. The molecule has 0 aliphatic carbocycles. The van der Waals surface area contributed by atoms with Gasteiger partial charge in [-0.25, -0.2) is 0 Å². The van der Waals surface area contributed by atoms with E-state index in [0.29, 0.717) is 5.82 Å². The lowest BCUT2D eigenvalue weighted by Crippen LogP contribution is -2.09. The fourth-order valence-electron chi connectivity index (χ4n) is 0.416. The van der Waals surface area contributed by atoms with Crippen molar-refractivity contribution in [1.82, 2.24) is 9.94 Å². The van der Waals surface area contributed by atoms with Crippen molar-refractivity contribution < 1.29 is 4.84 Å². The van der Waals surface area contributed by atoms with Gasteiger partial charge in [-0.1, -0.05) is 4.85 Å². The first-order chi connectivity index (χ1) is 4.34. The minimum Gasteiger partial charge on any atom is -0.381 e. The van der Waals surface area contributed by atoms with E-state index in [-0.39, 0.29) is 0 Å². The van der Waals surface area contributed by atoms with Gasteiger partial charge in [0.05, 0.1) is 6.20 Å². The van der Waals surface area contributed by atoms with Crippen LogP contribution in [0.3, 0.4) is 0 Å². The lowest BCUT2D eigenvalue weighted by molar-refractivity contribution is 0.199. The normalized spacial score (nSPS) is 8.33. The van der Waals surface area contributed by atoms with Gasteiger partial charge in [-0.2, -0.15) is 0 Å². The molecule has 5 heteroatoms. The second kappa shape index (κ2) is 2.05. The van der Waals surface area contributed by atoms with Crippen LogP contribution in [0.4, 0.5) is 5.82 Å². The van der Waals surface area contributed by atoms with Crippen molar-refractivity contribution in [1.29, 1.82) is 5.26 Å². The Morgan fingerprint density at radius 1 is 1.89 bits per heavy atom. The molecule has 1 heterocycles. The Labute approximate surface area is 51.2 Å². The summed E-state index contributed by atoms with van der Waals surface area (Å²) in [5.74, 6) is 0.302. The van der Waals surface area contributed by atoms with E-state index in [4.69, 9.17) is 11.0 Å². The van der Waals surface area contributed by atoms with E-state index in [0.717, 1.165) is 4.85 Å². The molecule has 0 spiro atoms. The molecule has 0 unspecified atom stereocenters. The predicted molar refractivity (Wildman–Crippen MR) is 28.8 cm³/mol. The van der Waals surface area contributed by atoms with Crippen LogP contribution < -0.4 is 10.6 Å². The highest BCUT2D eigenvalue weighted by Gasteiger charge is 1.94. The summed E-state index contributed by atoms with van der Waals surface area (Å²) in [5.41, 5.74) is 5.25. The Morgan fingerprint density at radius 3 is 3.11 bits per heavy atom. The van der Waals surface area contributed by atoms with Crippen molar-refractivity contribution >= 4 is 5.82 Å². The zero-order valence-corrected chi connectivity index (χ0v) is 4.48. The van der Waals surface area contributed by atoms with Crippen molar-refractivity contribution in [3.63, 3.8) is 0 Å². The lowest BCUT2D eigenvalue weighted by atomic mass is 10.7. The maximum Gasteiger partial charge on any atom is 0.316 e. The molecule has 1 aromatic heterocycles. The summed E-state index contributed by atoms with van der Waals surface area (Å²) in [4.78, 5) is 5.19. The Kier molecular flexibility index (Phi) is 1.24. The Balaban J connectivity index is 2.84. The van der Waals surface area contributed by atoms with Gasteiger partial charge in [0.1, 0.15) is 0 Å². The molecular weight excluding hydrogens is 120 g/mol. The molecular formula is C4H4N4O. The topological polar surface area (TPSA) is 76.9 Å². The third-order valence-corrected chi connectivity index (χ3v) is 0.765. The molecule has 46 valence electrons. The number of anilines is 1. The van der Waals surface area contributed by atoms with Crippen LogP contribution >= 0.6 is 0 Å². The van der Waals surface area contributed by atoms with Crippen molar-refractivity contribution in [2.24, 2.45) is 0 Å². The number of nitriles is 1. The summed E-state index contributed by atoms with van der Waals surface area (Å²) >= 11 is 0. The molecule has 0 aromatic carbocycles. The van der Waals surface area contributed by atoms with Crippen LogP contribution in [0, 0.1) is 11.5 Å². The number of aromatic nitrogens is 2. The van der Waals surface area contributed by atoms with Gasteiger partial charge >= 0.3 is 6.26 Å². The molecule has 0 fully saturated rings. The van der Waals surface area contributed by atoms with Crippen molar-refractivity contribution in [3.8, 4) is 6.26 Å². The van der Waals surface area contributed by atoms with Crippen LogP contribution in [0.5, 0.6) is 0 Å². The Morgan fingerprint density at radius 2 is 2.67 bits per heavy atom. The number of hydrogen-bond donors (Lipinski definition) is 1. The minimum atomic E-state index is 0.302. The first kappa shape index (κ1) is 5.44. The van der Waals surface area contributed by atoms with Gasteiger partial charge in [0, 0.05) is 6.07 Å². The van der Waals surface area contributed by atoms with Crippen molar-refractivity contribution in [3.05, 3.63) is 12.3 Å². The fraction of sp³-hybridized carbons (Fsp3) is 0. The molecule has 2 N–H and O–H groups in total. The van der Waals surface area contributed by atoms with Gasteiger partial charge in [0.15, 0.2) is 5.82 Å². The lowest BCUT2D eigenvalue weighted by Gasteiger charge is -1.92. The largest absolute Gasteiger partial charge is 0.381 e. The van der Waals surface area contributed by atoms with E-state index in [1.165, 1.54) is 18.5 Å². The summed E-state index contributed by atoms with van der Waals surface area (Å²) in [5, 5.41) is 11.5. The van der Waals surface area contributed by atoms with E-state index in [9.17, 15) is 0 Å². The highest BCUT2D eigenvalue weighted by Crippen LogP contribution is 1.94. The van der Waals surface area contributed by atoms with Gasteiger partial charge in [0.2, 0.25) is 0 Å². The standard InChI is InChI=1S/C4H4N4O/c5-3-9-8-4(6)1-2-7-8/h1-2H,6H2. The molecule has 1 aromatic rings. The van der Waals surface area contributed by atoms with Gasteiger partial charge in [-0.05, 0) is 0 Å². The van der Waals surface area contributed by atoms with Gasteiger partial charge < -0.3 is 5.73 Å². The molecule has 9 heavy (non-hydrogen) atoms. The average molecular weight is 124 g/mol. The van der Waals surface area contributed by atoms with Gasteiger partial charge in [0.25, 0.3) is 0 Å². The second-order valence-corrected chi connectivity index (χ2v) is 1.31. The molecule has 0 saturated heterocycles. The average Bonchev–Trinajstić information content (AvgIpc) is 2.18. The smallest absolute Gasteiger partial charge is 0.316 e. The van der Waals surface area contributed by atoms with E-state index in [1.807, 2.05) is 0 Å². The Bertz CT molecular complexity index is 235. The molecule has 0 amide bonds. The van der Waals surface area contributed by atoms with Crippen molar-refractivity contribution in [2.75, 3.05) is 5.73 Å². The van der Waals surface area contributed by atoms with Crippen molar-refractivity contribution in [2.45, 2.75) is 0 Å². The van der Waals surface area contributed by atoms with E-state index in [1.54, 1.807) is 0 Å². The zero-order valence-electron chi connectivity index (χ0n) is 4.48. The van der Waals surface area contributed by atoms with Crippen LogP contribution in [0.25, 0.3) is 0 Å². The quantitative estimate of drug-likeness (QED) is 0.506. The molecule has 0 bridgehead atoms. The minimum absolute atomic E-state index is 0.302. The van der Waals surface area contributed by atoms with Crippen LogP contribution in [-0.2, 0) is 0 Å². The molecule has 1 rings (SSSR count). The van der Waals surface area contributed by atoms with Gasteiger partial charge in [-0.15, -0.1) is 10.4 Å². The summed E-state index contributed by atoms with van der Waals surface area (Å²) in [6, 6.07) is 1.53. The fourth-order valence-corrected chi connectivity index (χ4v) is 0.416. The molecule has 0 aliphatic heterocycles. The first-order valence-corrected chi connectivity index (χ1v) is 2.20. The Hall–Kier alpha value is -1.70. The van der Waals surface area contributed by atoms with Gasteiger partial charge in [-0.3, -0.25) is 4.84 Å². The summed E-state index contributed by atoms with van der Waals surface area (Å²) in [6.07, 6.45) is 2.87. The number of nitrogens with zero attached hydrogens (tertiary/aromatic N) is 3. The molecule has 0 atom stereocenters. The van der Waals surface area contributed by atoms with Crippen LogP contribution in [0.15, 0.2) is 12.3 Å². The summed E-state index contributed by atoms with van der Waals surface area (Å²) in [6.45, 7) is 0. The highest BCUT2D eigenvalue weighted by atomic mass is 16.7. The van der Waals surface area contributed by atoms with Crippen LogP contribution in [0.2, 0.25) is 0 Å². The monoisotopic (exact) mass is 124 g/mol. The maximum atomic E-state index is 7.97.